The minimum atomic E-state index is 0.538. The predicted octanol–water partition coefficient (Wildman–Crippen LogP) is 3.85. The molecule has 0 spiro atoms. The second kappa shape index (κ2) is 7.30. The van der Waals surface area contributed by atoms with Gasteiger partial charge in [-0.15, -0.1) is 0 Å². The summed E-state index contributed by atoms with van der Waals surface area (Å²) in [7, 11) is 0. The Kier molecular flexibility index (Phi) is 4.65. The van der Waals surface area contributed by atoms with Gasteiger partial charge in [0.1, 0.15) is 0 Å². The van der Waals surface area contributed by atoms with E-state index >= 15 is 0 Å². The van der Waals surface area contributed by atoms with Crippen molar-refractivity contribution in [2.75, 3.05) is 13.1 Å². The van der Waals surface area contributed by atoms with Gasteiger partial charge in [0.2, 0.25) is 5.78 Å². The zero-order valence-corrected chi connectivity index (χ0v) is 16.8. The Morgan fingerprint density at radius 3 is 2.82 bits per heavy atom. The highest BCUT2D eigenvalue weighted by molar-refractivity contribution is 5.65. The van der Waals surface area contributed by atoms with Crippen LogP contribution in [0.15, 0.2) is 42.7 Å². The number of imidazole rings is 1. The molecule has 0 amide bonds. The summed E-state index contributed by atoms with van der Waals surface area (Å²) in [6.07, 6.45) is 7.77. The van der Waals surface area contributed by atoms with E-state index < -0.39 is 0 Å². The maximum Gasteiger partial charge on any atom is 0.234 e. The Balaban J connectivity index is 1.54. The molecule has 1 N–H and O–H groups in total. The van der Waals surface area contributed by atoms with E-state index in [1.54, 1.807) is 0 Å². The summed E-state index contributed by atoms with van der Waals surface area (Å²) in [5.74, 6) is 1.33. The fourth-order valence-electron chi connectivity index (χ4n) is 4.78. The van der Waals surface area contributed by atoms with Gasteiger partial charge in [0, 0.05) is 43.1 Å². The molecule has 0 aliphatic carbocycles. The van der Waals surface area contributed by atoms with Crippen molar-refractivity contribution in [1.82, 2.24) is 24.6 Å². The van der Waals surface area contributed by atoms with Crippen LogP contribution < -0.4 is 5.32 Å². The average molecular weight is 376 g/mol. The van der Waals surface area contributed by atoms with Crippen LogP contribution in [0.3, 0.4) is 0 Å². The first-order valence-electron chi connectivity index (χ1n) is 10.6. The normalized spacial score (nSPS) is 22.8. The quantitative estimate of drug-likeness (QED) is 0.752. The van der Waals surface area contributed by atoms with E-state index in [-0.39, 0.29) is 0 Å². The molecule has 3 saturated heterocycles. The van der Waals surface area contributed by atoms with E-state index in [0.29, 0.717) is 18.0 Å². The summed E-state index contributed by atoms with van der Waals surface area (Å²) in [6, 6.07) is 12.2. The molecule has 2 bridgehead atoms. The summed E-state index contributed by atoms with van der Waals surface area (Å²) < 4.78 is 2.18. The average Bonchev–Trinajstić information content (AvgIpc) is 2.85. The van der Waals surface area contributed by atoms with Crippen LogP contribution in [0, 0.1) is 0 Å². The van der Waals surface area contributed by atoms with Gasteiger partial charge in [-0.05, 0) is 43.4 Å². The number of nitrogens with one attached hydrogen (secondary N) is 1. The highest BCUT2D eigenvalue weighted by atomic mass is 15.2. The molecule has 3 fully saturated rings. The van der Waals surface area contributed by atoms with Crippen LogP contribution in [0.2, 0.25) is 0 Å². The van der Waals surface area contributed by atoms with Crippen molar-refractivity contribution in [3.8, 4) is 11.3 Å². The second-order valence-corrected chi connectivity index (χ2v) is 8.57. The number of nitrogens with zero attached hydrogens (tertiary/aromatic N) is 4. The van der Waals surface area contributed by atoms with Crippen molar-refractivity contribution < 1.29 is 0 Å². The lowest BCUT2D eigenvalue weighted by Crippen LogP contribution is -2.45. The van der Waals surface area contributed by atoms with Gasteiger partial charge in [0.15, 0.2) is 0 Å². The molecule has 0 saturated carbocycles. The fraction of sp³-hybridized carbons (Fsp3) is 0.478. The van der Waals surface area contributed by atoms with E-state index in [9.17, 15) is 0 Å². The molecule has 2 atom stereocenters. The standard InChI is InChI=1S/C23H29N5/c1-16(2)17-4-6-18(7-5-17)22-21(28-13-3-11-25-23(28)26-22)15-27-14-19-8-9-20(27)10-12-24-19/h3-7,11,13,16,19-20,24H,8-10,12,14-15H2,1-2H3. The minimum absolute atomic E-state index is 0.538. The second-order valence-electron chi connectivity index (χ2n) is 8.57. The Labute approximate surface area is 166 Å². The monoisotopic (exact) mass is 375 g/mol. The molecule has 3 aliphatic rings. The zero-order valence-electron chi connectivity index (χ0n) is 16.8. The smallest absolute Gasteiger partial charge is 0.234 e. The largest absolute Gasteiger partial charge is 0.313 e. The van der Waals surface area contributed by atoms with Crippen molar-refractivity contribution in [2.45, 2.75) is 57.7 Å². The van der Waals surface area contributed by atoms with E-state index in [0.717, 1.165) is 31.1 Å². The summed E-state index contributed by atoms with van der Waals surface area (Å²) in [5, 5.41) is 3.71. The van der Waals surface area contributed by atoms with Gasteiger partial charge < -0.3 is 5.32 Å². The molecule has 5 heteroatoms. The number of aromatic nitrogens is 3. The van der Waals surface area contributed by atoms with Gasteiger partial charge >= 0.3 is 0 Å². The first kappa shape index (κ1) is 17.8. The van der Waals surface area contributed by atoms with Gasteiger partial charge in [0.25, 0.3) is 0 Å². The first-order chi connectivity index (χ1) is 13.7. The third kappa shape index (κ3) is 3.23. The van der Waals surface area contributed by atoms with Crippen molar-refractivity contribution >= 4 is 5.78 Å². The van der Waals surface area contributed by atoms with Crippen LogP contribution in [-0.2, 0) is 6.54 Å². The van der Waals surface area contributed by atoms with Crippen LogP contribution in [0.1, 0.15) is 50.3 Å². The molecule has 3 aromatic rings. The third-order valence-electron chi connectivity index (χ3n) is 6.44. The van der Waals surface area contributed by atoms with E-state index in [2.05, 4.69) is 63.9 Å². The summed E-state index contributed by atoms with van der Waals surface area (Å²) in [4.78, 5) is 12.1. The Morgan fingerprint density at radius 1 is 1.14 bits per heavy atom. The molecule has 28 heavy (non-hydrogen) atoms. The molecular formula is C23H29N5. The SMILES string of the molecule is CC(C)c1ccc(-c2nc3ncccn3c2CN2CC3CCC2CCN3)cc1. The van der Waals surface area contributed by atoms with Crippen molar-refractivity contribution in [3.05, 3.63) is 54.0 Å². The van der Waals surface area contributed by atoms with Crippen LogP contribution in [-0.4, -0.2) is 44.4 Å². The van der Waals surface area contributed by atoms with Crippen molar-refractivity contribution in [1.29, 1.82) is 0 Å². The fourth-order valence-corrected chi connectivity index (χ4v) is 4.78. The lowest BCUT2D eigenvalue weighted by molar-refractivity contribution is 0.133. The Hall–Kier alpha value is -2.24. The molecule has 5 heterocycles. The highest BCUT2D eigenvalue weighted by Gasteiger charge is 2.32. The molecule has 5 nitrogen and oxygen atoms in total. The molecule has 1 aromatic carbocycles. The minimum Gasteiger partial charge on any atom is -0.313 e. The number of rotatable bonds is 4. The molecule has 6 rings (SSSR count). The van der Waals surface area contributed by atoms with Gasteiger partial charge in [-0.2, -0.15) is 0 Å². The molecule has 2 aromatic heterocycles. The van der Waals surface area contributed by atoms with Crippen LogP contribution in [0.4, 0.5) is 0 Å². The molecule has 2 unspecified atom stereocenters. The summed E-state index contributed by atoms with van der Waals surface area (Å²) in [6.45, 7) is 7.67. The lowest BCUT2D eigenvalue weighted by atomic mass is 9.97. The number of fused-ring (bicyclic) bond motifs is 5. The Morgan fingerprint density at radius 2 is 2.00 bits per heavy atom. The van der Waals surface area contributed by atoms with Crippen LogP contribution in [0.25, 0.3) is 17.0 Å². The van der Waals surface area contributed by atoms with E-state index in [1.165, 1.54) is 36.1 Å². The molecular weight excluding hydrogens is 346 g/mol. The third-order valence-corrected chi connectivity index (χ3v) is 6.44. The maximum atomic E-state index is 4.92. The number of hydrogen-bond acceptors (Lipinski definition) is 4. The van der Waals surface area contributed by atoms with Crippen molar-refractivity contribution in [3.63, 3.8) is 0 Å². The molecule has 0 radical (unpaired) electrons. The number of hydrogen-bond donors (Lipinski definition) is 1. The topological polar surface area (TPSA) is 45.5 Å². The summed E-state index contributed by atoms with van der Waals surface area (Å²) in [5.41, 5.74) is 4.88. The first-order valence-corrected chi connectivity index (χ1v) is 10.6. The summed E-state index contributed by atoms with van der Waals surface area (Å²) >= 11 is 0. The number of piperidine rings is 1. The van der Waals surface area contributed by atoms with Gasteiger partial charge in [-0.3, -0.25) is 9.30 Å². The highest BCUT2D eigenvalue weighted by Crippen LogP contribution is 2.30. The van der Waals surface area contributed by atoms with E-state index in [4.69, 9.17) is 4.98 Å². The predicted molar refractivity (Wildman–Crippen MR) is 112 cm³/mol. The van der Waals surface area contributed by atoms with Crippen LogP contribution in [0.5, 0.6) is 0 Å². The molecule has 146 valence electrons. The van der Waals surface area contributed by atoms with E-state index in [1.807, 2.05) is 12.3 Å². The van der Waals surface area contributed by atoms with Gasteiger partial charge in [-0.25, -0.2) is 9.97 Å². The van der Waals surface area contributed by atoms with Crippen LogP contribution >= 0.6 is 0 Å². The molecule has 3 aliphatic heterocycles. The Bertz CT molecular complexity index is 955. The zero-order chi connectivity index (χ0) is 19.1. The lowest BCUT2D eigenvalue weighted by Gasteiger charge is -2.36. The maximum absolute atomic E-state index is 4.92. The van der Waals surface area contributed by atoms with Gasteiger partial charge in [-0.1, -0.05) is 38.1 Å². The number of benzene rings is 1. The van der Waals surface area contributed by atoms with Gasteiger partial charge in [0.05, 0.1) is 11.4 Å². The van der Waals surface area contributed by atoms with Crippen molar-refractivity contribution in [2.24, 2.45) is 0 Å².